The predicted octanol–water partition coefficient (Wildman–Crippen LogP) is 1.41. The van der Waals surface area contributed by atoms with E-state index in [9.17, 15) is 8.42 Å². The van der Waals surface area contributed by atoms with E-state index in [-0.39, 0.29) is 11.1 Å². The van der Waals surface area contributed by atoms with E-state index >= 15 is 0 Å². The summed E-state index contributed by atoms with van der Waals surface area (Å²) in [7, 11) is 2.20. The normalized spacial score (nSPS) is 18.8. The van der Waals surface area contributed by atoms with Crippen LogP contribution in [0, 0.1) is 6.92 Å². The van der Waals surface area contributed by atoms with Gasteiger partial charge in [0, 0.05) is 58.6 Å². The summed E-state index contributed by atoms with van der Waals surface area (Å²) >= 11 is 0. The first kappa shape index (κ1) is 20.1. The highest BCUT2D eigenvalue weighted by atomic mass is 32.2. The molecule has 9 nitrogen and oxygen atoms in total. The molecule has 3 heterocycles. The Balaban J connectivity index is 1.50. The molecule has 158 valence electrons. The fourth-order valence-corrected chi connectivity index (χ4v) is 5.39. The number of nitrogens with zero attached hydrogens (tertiary/aromatic N) is 7. The third kappa shape index (κ3) is 3.95. The standard InChI is InChI=1S/C19H29N7O2S/c1-14-22-19(12-24(14)4)29(27,28)25-9-7-16(8-10-25)26(15-5-6-15)18-11-17(23(2)3)20-13-21-18/h11-13,15-16H,5-10H2,1-4H3. The molecule has 2 aliphatic rings. The van der Waals surface area contributed by atoms with Gasteiger partial charge in [0.25, 0.3) is 10.0 Å². The van der Waals surface area contributed by atoms with E-state index in [1.54, 1.807) is 21.4 Å². The molecule has 0 spiro atoms. The highest BCUT2D eigenvalue weighted by molar-refractivity contribution is 7.89. The van der Waals surface area contributed by atoms with Gasteiger partial charge in [-0.15, -0.1) is 0 Å². The number of aromatic nitrogens is 4. The molecule has 2 aromatic rings. The van der Waals surface area contributed by atoms with Crippen molar-refractivity contribution in [1.82, 2.24) is 23.8 Å². The summed E-state index contributed by atoms with van der Waals surface area (Å²) in [5, 5.41) is 0.140. The molecule has 29 heavy (non-hydrogen) atoms. The molecule has 2 aromatic heterocycles. The number of aryl methyl sites for hydroxylation is 2. The summed E-state index contributed by atoms with van der Waals surface area (Å²) in [6.07, 6.45) is 7.09. The molecule has 0 N–H and O–H groups in total. The molecule has 4 rings (SSSR count). The van der Waals surface area contributed by atoms with E-state index in [0.29, 0.717) is 25.0 Å². The van der Waals surface area contributed by atoms with Crippen LogP contribution < -0.4 is 9.80 Å². The van der Waals surface area contributed by atoms with E-state index in [2.05, 4.69) is 19.9 Å². The maximum absolute atomic E-state index is 13.0. The summed E-state index contributed by atoms with van der Waals surface area (Å²) in [6, 6.07) is 2.80. The van der Waals surface area contributed by atoms with E-state index in [0.717, 1.165) is 37.3 Å². The van der Waals surface area contributed by atoms with E-state index in [1.165, 1.54) is 0 Å². The van der Waals surface area contributed by atoms with Gasteiger partial charge in [0.05, 0.1) is 0 Å². The topological polar surface area (TPSA) is 87.5 Å². The smallest absolute Gasteiger partial charge is 0.262 e. The highest BCUT2D eigenvalue weighted by Crippen LogP contribution is 2.36. The lowest BCUT2D eigenvalue weighted by atomic mass is 10.0. The lowest BCUT2D eigenvalue weighted by molar-refractivity contribution is 0.307. The van der Waals surface area contributed by atoms with Gasteiger partial charge >= 0.3 is 0 Å². The van der Waals surface area contributed by atoms with Gasteiger partial charge in [-0.1, -0.05) is 0 Å². The number of anilines is 2. The van der Waals surface area contributed by atoms with E-state index < -0.39 is 10.0 Å². The van der Waals surface area contributed by atoms with Crippen molar-refractivity contribution in [3.05, 3.63) is 24.4 Å². The minimum absolute atomic E-state index is 0.140. The minimum atomic E-state index is -3.55. The predicted molar refractivity (Wildman–Crippen MR) is 112 cm³/mol. The largest absolute Gasteiger partial charge is 0.363 e. The van der Waals surface area contributed by atoms with E-state index in [1.807, 2.05) is 39.0 Å². The first-order chi connectivity index (χ1) is 13.8. The first-order valence-corrected chi connectivity index (χ1v) is 11.5. The molecular formula is C19H29N7O2S. The maximum Gasteiger partial charge on any atom is 0.262 e. The van der Waals surface area contributed by atoms with Crippen LogP contribution in [0.5, 0.6) is 0 Å². The maximum atomic E-state index is 13.0. The van der Waals surface area contributed by atoms with Crippen molar-refractivity contribution >= 4 is 21.7 Å². The van der Waals surface area contributed by atoms with Crippen molar-refractivity contribution in [2.45, 2.75) is 49.7 Å². The molecule has 0 bridgehead atoms. The van der Waals surface area contributed by atoms with Crippen LogP contribution >= 0.6 is 0 Å². The van der Waals surface area contributed by atoms with Gasteiger partial charge in [0.1, 0.15) is 23.8 Å². The fourth-order valence-electron chi connectivity index (χ4n) is 3.89. The molecule has 0 amide bonds. The van der Waals surface area contributed by atoms with Crippen LogP contribution in [0.15, 0.2) is 23.6 Å². The average molecular weight is 420 g/mol. The van der Waals surface area contributed by atoms with Crippen molar-refractivity contribution in [2.24, 2.45) is 7.05 Å². The Labute approximate surface area is 172 Å². The van der Waals surface area contributed by atoms with Crippen molar-refractivity contribution in [2.75, 3.05) is 37.0 Å². The van der Waals surface area contributed by atoms with Crippen LogP contribution in [0.2, 0.25) is 0 Å². The Morgan fingerprint density at radius 3 is 2.21 bits per heavy atom. The van der Waals surface area contributed by atoms with Crippen LogP contribution in [0.25, 0.3) is 0 Å². The van der Waals surface area contributed by atoms with Crippen LogP contribution in [0.3, 0.4) is 0 Å². The van der Waals surface area contributed by atoms with Crippen molar-refractivity contribution in [1.29, 1.82) is 0 Å². The second kappa shape index (κ2) is 7.56. The van der Waals surface area contributed by atoms with Crippen molar-refractivity contribution in [3.63, 3.8) is 0 Å². The summed E-state index contributed by atoms with van der Waals surface area (Å²) < 4.78 is 29.3. The quantitative estimate of drug-likeness (QED) is 0.699. The second-order valence-corrected chi connectivity index (χ2v) is 10.0. The molecule has 1 saturated carbocycles. The fraction of sp³-hybridized carbons (Fsp3) is 0.632. The summed E-state index contributed by atoms with van der Waals surface area (Å²) in [5.41, 5.74) is 0. The molecule has 0 aromatic carbocycles. The molecule has 1 saturated heterocycles. The lowest BCUT2D eigenvalue weighted by Gasteiger charge is -2.38. The molecule has 1 aliphatic carbocycles. The zero-order valence-corrected chi connectivity index (χ0v) is 18.3. The number of sulfonamides is 1. The lowest BCUT2D eigenvalue weighted by Crippen LogP contribution is -2.48. The Hall–Kier alpha value is -2.20. The highest BCUT2D eigenvalue weighted by Gasteiger charge is 2.39. The molecule has 10 heteroatoms. The van der Waals surface area contributed by atoms with Gasteiger partial charge in [0.15, 0.2) is 5.03 Å². The van der Waals surface area contributed by atoms with Crippen LogP contribution in [0.4, 0.5) is 11.6 Å². The molecular weight excluding hydrogens is 390 g/mol. The van der Waals surface area contributed by atoms with Crippen molar-refractivity contribution in [3.8, 4) is 0 Å². The molecule has 2 fully saturated rings. The Kier molecular flexibility index (Phi) is 5.24. The van der Waals surface area contributed by atoms with Gasteiger partial charge < -0.3 is 14.4 Å². The summed E-state index contributed by atoms with van der Waals surface area (Å²) in [5.74, 6) is 2.51. The number of hydrogen-bond acceptors (Lipinski definition) is 7. The van der Waals surface area contributed by atoms with Gasteiger partial charge in [-0.3, -0.25) is 0 Å². The molecule has 1 aliphatic heterocycles. The molecule has 0 radical (unpaired) electrons. The van der Waals surface area contributed by atoms with Crippen LogP contribution in [0.1, 0.15) is 31.5 Å². The van der Waals surface area contributed by atoms with Crippen molar-refractivity contribution < 1.29 is 8.42 Å². The van der Waals surface area contributed by atoms with Crippen LogP contribution in [-0.2, 0) is 17.1 Å². The molecule has 0 atom stereocenters. The Bertz CT molecular complexity index is 957. The van der Waals surface area contributed by atoms with Gasteiger partial charge in [0.2, 0.25) is 0 Å². The third-order valence-electron chi connectivity index (χ3n) is 5.81. The van der Waals surface area contributed by atoms with Crippen LogP contribution in [-0.4, -0.2) is 71.5 Å². The Morgan fingerprint density at radius 1 is 1.03 bits per heavy atom. The SMILES string of the molecule is Cc1nc(S(=O)(=O)N2CCC(N(c3cc(N(C)C)ncn3)C3CC3)CC2)cn1C. The third-order valence-corrected chi connectivity index (χ3v) is 7.58. The minimum Gasteiger partial charge on any atom is -0.363 e. The molecule has 0 unspecified atom stereocenters. The summed E-state index contributed by atoms with van der Waals surface area (Å²) in [6.45, 7) is 2.80. The zero-order chi connectivity index (χ0) is 20.8. The van der Waals surface area contributed by atoms with Gasteiger partial charge in [-0.05, 0) is 32.6 Å². The number of piperidine rings is 1. The monoisotopic (exact) mass is 419 g/mol. The number of imidazole rings is 1. The number of hydrogen-bond donors (Lipinski definition) is 0. The average Bonchev–Trinajstić information content (AvgIpc) is 3.47. The van der Waals surface area contributed by atoms with Gasteiger partial charge in [-0.25, -0.2) is 23.4 Å². The number of rotatable bonds is 6. The zero-order valence-electron chi connectivity index (χ0n) is 17.5. The second-order valence-electron chi connectivity index (χ2n) is 8.14. The summed E-state index contributed by atoms with van der Waals surface area (Å²) in [4.78, 5) is 17.4. The first-order valence-electron chi connectivity index (χ1n) is 10.0. The van der Waals surface area contributed by atoms with E-state index in [4.69, 9.17) is 0 Å². The Morgan fingerprint density at radius 2 is 1.66 bits per heavy atom. The van der Waals surface area contributed by atoms with Gasteiger partial charge in [-0.2, -0.15) is 4.31 Å².